The number of anilines is 2. The Morgan fingerprint density at radius 3 is 3.00 bits per heavy atom. The van der Waals surface area contributed by atoms with E-state index in [4.69, 9.17) is 15.6 Å². The lowest BCUT2D eigenvalue weighted by molar-refractivity contribution is 0.0992. The molecule has 0 radical (unpaired) electrons. The van der Waals surface area contributed by atoms with Crippen molar-refractivity contribution in [2.45, 2.75) is 6.92 Å². The van der Waals surface area contributed by atoms with Gasteiger partial charge < -0.3 is 20.9 Å². The third-order valence-electron chi connectivity index (χ3n) is 1.94. The van der Waals surface area contributed by atoms with Crippen LogP contribution in [0.3, 0.4) is 0 Å². The summed E-state index contributed by atoms with van der Waals surface area (Å²) in [5.74, 6) is 0.786. The summed E-state index contributed by atoms with van der Waals surface area (Å²) < 4.78 is 5.09. The highest BCUT2D eigenvalue weighted by molar-refractivity contribution is 5.50. The third-order valence-corrected chi connectivity index (χ3v) is 1.94. The molecular weight excluding hydrogens is 194 g/mol. The third kappa shape index (κ3) is 4.14. The fourth-order valence-electron chi connectivity index (χ4n) is 1.08. The molecule has 1 rings (SSSR count). The molecule has 0 aliphatic rings. The van der Waals surface area contributed by atoms with Gasteiger partial charge in [-0.3, -0.25) is 0 Å². The number of nitrogen functional groups attached to an aromatic ring is 1. The number of aliphatic hydroxyl groups excluding tert-OH is 1. The van der Waals surface area contributed by atoms with E-state index in [-0.39, 0.29) is 6.61 Å². The van der Waals surface area contributed by atoms with Gasteiger partial charge in [0.05, 0.1) is 31.7 Å². The number of aromatic nitrogens is 1. The first-order valence-corrected chi connectivity index (χ1v) is 4.88. The standard InChI is InChI=1S/C10H17N3O2/c1-8-6-10(13-7-9(8)11)12-2-4-15-5-3-14/h6-7,14H,2-5,11H2,1H3,(H,12,13). The van der Waals surface area contributed by atoms with Crippen molar-refractivity contribution in [1.29, 1.82) is 0 Å². The van der Waals surface area contributed by atoms with Crippen molar-refractivity contribution in [3.05, 3.63) is 17.8 Å². The zero-order valence-corrected chi connectivity index (χ0v) is 8.86. The monoisotopic (exact) mass is 211 g/mol. The molecule has 1 aromatic heterocycles. The molecule has 5 nitrogen and oxygen atoms in total. The molecule has 0 fully saturated rings. The van der Waals surface area contributed by atoms with Crippen LogP contribution < -0.4 is 11.1 Å². The number of ether oxygens (including phenoxy) is 1. The van der Waals surface area contributed by atoms with Crippen molar-refractivity contribution in [3.8, 4) is 0 Å². The molecule has 4 N–H and O–H groups in total. The van der Waals surface area contributed by atoms with Crippen molar-refractivity contribution in [2.24, 2.45) is 0 Å². The van der Waals surface area contributed by atoms with E-state index in [2.05, 4.69) is 10.3 Å². The summed E-state index contributed by atoms with van der Waals surface area (Å²) in [5.41, 5.74) is 7.34. The second-order valence-electron chi connectivity index (χ2n) is 3.19. The molecule has 84 valence electrons. The number of aliphatic hydroxyl groups is 1. The van der Waals surface area contributed by atoms with E-state index in [0.717, 1.165) is 11.4 Å². The second kappa shape index (κ2) is 6.21. The molecule has 15 heavy (non-hydrogen) atoms. The first kappa shape index (κ1) is 11.7. The number of aryl methyl sites for hydroxylation is 1. The molecule has 5 heteroatoms. The van der Waals surface area contributed by atoms with Crippen LogP contribution in [0.1, 0.15) is 5.56 Å². The maximum atomic E-state index is 8.48. The lowest BCUT2D eigenvalue weighted by Crippen LogP contribution is -2.12. The molecular formula is C10H17N3O2. The molecule has 0 aromatic carbocycles. The summed E-state index contributed by atoms with van der Waals surface area (Å²) in [6.07, 6.45) is 1.63. The van der Waals surface area contributed by atoms with Gasteiger partial charge in [0.25, 0.3) is 0 Å². The van der Waals surface area contributed by atoms with Gasteiger partial charge in [0.1, 0.15) is 5.82 Å². The predicted octanol–water partition coefficient (Wildman–Crippen LogP) is 0.393. The van der Waals surface area contributed by atoms with Crippen LogP contribution in [0.2, 0.25) is 0 Å². The zero-order chi connectivity index (χ0) is 11.1. The van der Waals surface area contributed by atoms with E-state index >= 15 is 0 Å². The highest BCUT2D eigenvalue weighted by atomic mass is 16.5. The number of hydrogen-bond acceptors (Lipinski definition) is 5. The van der Waals surface area contributed by atoms with E-state index in [9.17, 15) is 0 Å². The van der Waals surface area contributed by atoms with Gasteiger partial charge >= 0.3 is 0 Å². The molecule has 1 heterocycles. The molecule has 0 saturated carbocycles. The topological polar surface area (TPSA) is 80.4 Å². The molecule has 0 aliphatic heterocycles. The van der Waals surface area contributed by atoms with Gasteiger partial charge in [-0.25, -0.2) is 4.98 Å². The lowest BCUT2D eigenvalue weighted by Gasteiger charge is -2.07. The summed E-state index contributed by atoms with van der Waals surface area (Å²) in [4.78, 5) is 4.12. The molecule has 0 amide bonds. The Balaban J connectivity index is 2.28. The molecule has 1 aromatic rings. The Bertz CT molecular complexity index is 305. The minimum Gasteiger partial charge on any atom is -0.397 e. The van der Waals surface area contributed by atoms with Crippen LogP contribution in [0.25, 0.3) is 0 Å². The number of rotatable bonds is 6. The predicted molar refractivity (Wildman–Crippen MR) is 59.8 cm³/mol. The summed E-state index contributed by atoms with van der Waals surface area (Å²) in [7, 11) is 0. The van der Waals surface area contributed by atoms with E-state index in [0.29, 0.717) is 25.4 Å². The number of pyridine rings is 1. The van der Waals surface area contributed by atoms with Crippen LogP contribution in [0.4, 0.5) is 11.5 Å². The Hall–Kier alpha value is -1.33. The van der Waals surface area contributed by atoms with Crippen LogP contribution in [-0.4, -0.2) is 36.5 Å². The average molecular weight is 211 g/mol. The van der Waals surface area contributed by atoms with Gasteiger partial charge in [-0.05, 0) is 18.6 Å². The molecule has 0 atom stereocenters. The zero-order valence-electron chi connectivity index (χ0n) is 8.86. The van der Waals surface area contributed by atoms with E-state index in [1.54, 1.807) is 6.20 Å². The van der Waals surface area contributed by atoms with Gasteiger partial charge in [-0.1, -0.05) is 0 Å². The Labute approximate surface area is 89.3 Å². The fourth-order valence-corrected chi connectivity index (χ4v) is 1.08. The minimum absolute atomic E-state index is 0.0548. The molecule has 0 saturated heterocycles. The Morgan fingerprint density at radius 2 is 2.33 bits per heavy atom. The smallest absolute Gasteiger partial charge is 0.126 e. The molecule has 0 bridgehead atoms. The van der Waals surface area contributed by atoms with Crippen LogP contribution in [0.5, 0.6) is 0 Å². The molecule has 0 spiro atoms. The van der Waals surface area contributed by atoms with Crippen molar-refractivity contribution in [2.75, 3.05) is 37.4 Å². The van der Waals surface area contributed by atoms with E-state index in [1.807, 2.05) is 13.0 Å². The van der Waals surface area contributed by atoms with Crippen molar-refractivity contribution < 1.29 is 9.84 Å². The normalized spacial score (nSPS) is 10.3. The highest BCUT2D eigenvalue weighted by Gasteiger charge is 1.97. The van der Waals surface area contributed by atoms with Gasteiger partial charge in [-0.15, -0.1) is 0 Å². The first-order chi connectivity index (χ1) is 7.24. The average Bonchev–Trinajstić information content (AvgIpc) is 2.23. The highest BCUT2D eigenvalue weighted by Crippen LogP contribution is 2.12. The Kier molecular flexibility index (Phi) is 4.86. The maximum Gasteiger partial charge on any atom is 0.126 e. The Morgan fingerprint density at radius 1 is 1.53 bits per heavy atom. The van der Waals surface area contributed by atoms with E-state index in [1.165, 1.54) is 0 Å². The fraction of sp³-hybridized carbons (Fsp3) is 0.500. The largest absolute Gasteiger partial charge is 0.397 e. The number of nitrogens with zero attached hydrogens (tertiary/aromatic N) is 1. The van der Waals surface area contributed by atoms with Crippen molar-refractivity contribution in [1.82, 2.24) is 4.98 Å². The van der Waals surface area contributed by atoms with Gasteiger partial charge in [-0.2, -0.15) is 0 Å². The van der Waals surface area contributed by atoms with Crippen LogP contribution in [-0.2, 0) is 4.74 Å². The number of nitrogens with one attached hydrogen (secondary N) is 1. The maximum absolute atomic E-state index is 8.48. The van der Waals surface area contributed by atoms with Crippen LogP contribution in [0, 0.1) is 6.92 Å². The first-order valence-electron chi connectivity index (χ1n) is 4.88. The summed E-state index contributed by atoms with van der Waals surface area (Å²) in [5, 5.41) is 11.6. The van der Waals surface area contributed by atoms with Gasteiger partial charge in [0.2, 0.25) is 0 Å². The minimum atomic E-state index is 0.0548. The molecule has 0 aliphatic carbocycles. The summed E-state index contributed by atoms with van der Waals surface area (Å²) >= 11 is 0. The SMILES string of the molecule is Cc1cc(NCCOCCO)ncc1N. The van der Waals surface area contributed by atoms with Crippen LogP contribution in [0.15, 0.2) is 12.3 Å². The molecule has 0 unspecified atom stereocenters. The quantitative estimate of drug-likeness (QED) is 0.593. The van der Waals surface area contributed by atoms with Crippen LogP contribution >= 0.6 is 0 Å². The van der Waals surface area contributed by atoms with Crippen molar-refractivity contribution >= 4 is 11.5 Å². The van der Waals surface area contributed by atoms with Gasteiger partial charge in [0.15, 0.2) is 0 Å². The van der Waals surface area contributed by atoms with Gasteiger partial charge in [0, 0.05) is 6.54 Å². The van der Waals surface area contributed by atoms with E-state index < -0.39 is 0 Å². The number of hydrogen-bond donors (Lipinski definition) is 3. The summed E-state index contributed by atoms with van der Waals surface area (Å²) in [6.45, 7) is 3.57. The lowest BCUT2D eigenvalue weighted by atomic mass is 10.2. The summed E-state index contributed by atoms with van der Waals surface area (Å²) in [6, 6.07) is 1.89. The van der Waals surface area contributed by atoms with Crippen molar-refractivity contribution in [3.63, 3.8) is 0 Å². The second-order valence-corrected chi connectivity index (χ2v) is 3.19. The number of nitrogens with two attached hydrogens (primary N) is 1.